The lowest BCUT2D eigenvalue weighted by Crippen LogP contribution is -2.30. The Labute approximate surface area is 191 Å². The van der Waals surface area contributed by atoms with E-state index in [1.165, 1.54) is 36.4 Å². The largest absolute Gasteiger partial charge is 0.481 e. The van der Waals surface area contributed by atoms with Gasteiger partial charge in [0.25, 0.3) is 15.9 Å². The molecule has 3 aromatic rings. The fraction of sp³-hybridized carbons (Fsp3) is 0.174. The third-order valence-electron chi connectivity index (χ3n) is 4.62. The van der Waals surface area contributed by atoms with Crippen LogP contribution in [0.15, 0.2) is 65.6 Å². The summed E-state index contributed by atoms with van der Waals surface area (Å²) in [5.74, 6) is -0.330. The molecule has 3 rings (SSSR count). The van der Waals surface area contributed by atoms with Crippen LogP contribution < -0.4 is 14.8 Å². The topological polar surface area (TPSA) is 84.5 Å². The Morgan fingerprint density at radius 2 is 1.50 bits per heavy atom. The molecule has 168 valence electrons. The molecule has 0 aliphatic rings. The number of ether oxygens (including phenoxy) is 1. The van der Waals surface area contributed by atoms with E-state index in [0.717, 1.165) is 23.3 Å². The predicted molar refractivity (Wildman–Crippen MR) is 123 cm³/mol. The molecule has 0 unspecified atom stereocenters. The maximum atomic E-state index is 13.0. The monoisotopic (exact) mass is 476 g/mol. The van der Waals surface area contributed by atoms with Crippen molar-refractivity contribution in [2.75, 3.05) is 10.0 Å². The number of sulfonamides is 1. The first-order valence-electron chi connectivity index (χ1n) is 9.68. The lowest BCUT2D eigenvalue weighted by atomic mass is 10.1. The van der Waals surface area contributed by atoms with Gasteiger partial charge in [-0.25, -0.2) is 12.8 Å². The highest BCUT2D eigenvalue weighted by molar-refractivity contribution is 7.92. The second-order valence-electron chi connectivity index (χ2n) is 7.26. The maximum absolute atomic E-state index is 13.0. The van der Waals surface area contributed by atoms with Crippen molar-refractivity contribution in [1.29, 1.82) is 0 Å². The van der Waals surface area contributed by atoms with Crippen LogP contribution in [-0.2, 0) is 14.8 Å². The minimum absolute atomic E-state index is 0.00348. The highest BCUT2D eigenvalue weighted by atomic mass is 35.5. The van der Waals surface area contributed by atoms with E-state index >= 15 is 0 Å². The molecule has 0 heterocycles. The molecule has 0 aliphatic carbocycles. The van der Waals surface area contributed by atoms with Gasteiger partial charge in [0.1, 0.15) is 11.6 Å². The fourth-order valence-electron chi connectivity index (χ4n) is 2.93. The lowest BCUT2D eigenvalue weighted by molar-refractivity contribution is -0.122. The number of benzene rings is 3. The third kappa shape index (κ3) is 5.77. The summed E-state index contributed by atoms with van der Waals surface area (Å²) >= 11 is 6.16. The summed E-state index contributed by atoms with van der Waals surface area (Å²) in [6.07, 6.45) is -0.793. The summed E-state index contributed by atoms with van der Waals surface area (Å²) < 4.78 is 46.1. The smallest absolute Gasteiger partial charge is 0.265 e. The lowest BCUT2D eigenvalue weighted by Gasteiger charge is -2.16. The zero-order chi connectivity index (χ0) is 23.5. The van der Waals surface area contributed by atoms with Crippen molar-refractivity contribution >= 4 is 38.9 Å². The van der Waals surface area contributed by atoms with Crippen molar-refractivity contribution in [3.05, 3.63) is 82.6 Å². The standard InChI is InChI=1S/C23H22ClFN2O4S/c1-14-12-20(13-15(2)22(14)24)31-16(3)23(28)26-18-8-10-21(11-9-18)32(29,30)27-19-6-4-17(25)5-7-19/h4-13,16,27H,1-3H3,(H,26,28)/t16-/m0/s1. The van der Waals surface area contributed by atoms with Gasteiger partial charge in [-0.05, 0) is 92.6 Å². The van der Waals surface area contributed by atoms with Crippen LogP contribution in [0.3, 0.4) is 0 Å². The third-order valence-corrected chi connectivity index (χ3v) is 6.61. The molecule has 9 heteroatoms. The van der Waals surface area contributed by atoms with Gasteiger partial charge in [0.2, 0.25) is 0 Å². The molecule has 0 saturated carbocycles. The number of carbonyl (C=O) groups excluding carboxylic acids is 1. The van der Waals surface area contributed by atoms with E-state index in [2.05, 4.69) is 10.0 Å². The highest BCUT2D eigenvalue weighted by Crippen LogP contribution is 2.26. The van der Waals surface area contributed by atoms with Gasteiger partial charge < -0.3 is 10.1 Å². The molecular weight excluding hydrogens is 455 g/mol. The van der Waals surface area contributed by atoms with Crippen LogP contribution in [0.1, 0.15) is 18.1 Å². The van der Waals surface area contributed by atoms with Gasteiger partial charge in [0, 0.05) is 16.4 Å². The normalized spacial score (nSPS) is 12.2. The van der Waals surface area contributed by atoms with Crippen LogP contribution in [0.2, 0.25) is 5.02 Å². The van der Waals surface area contributed by atoms with Gasteiger partial charge >= 0.3 is 0 Å². The van der Waals surface area contributed by atoms with Crippen molar-refractivity contribution in [3.63, 3.8) is 0 Å². The van der Waals surface area contributed by atoms with Crippen LogP contribution >= 0.6 is 11.6 Å². The van der Waals surface area contributed by atoms with Gasteiger partial charge in [0.05, 0.1) is 4.90 Å². The van der Waals surface area contributed by atoms with Gasteiger partial charge in [-0.15, -0.1) is 0 Å². The first kappa shape index (κ1) is 23.6. The molecule has 0 aliphatic heterocycles. The van der Waals surface area contributed by atoms with E-state index < -0.39 is 27.9 Å². The molecule has 1 atom stereocenters. The van der Waals surface area contributed by atoms with Crippen molar-refractivity contribution in [2.24, 2.45) is 0 Å². The van der Waals surface area contributed by atoms with Crippen molar-refractivity contribution < 1.29 is 22.3 Å². The van der Waals surface area contributed by atoms with Crippen LogP contribution in [0, 0.1) is 19.7 Å². The van der Waals surface area contributed by atoms with Crippen molar-refractivity contribution in [1.82, 2.24) is 0 Å². The molecule has 0 saturated heterocycles. The Morgan fingerprint density at radius 1 is 0.969 bits per heavy atom. The first-order chi connectivity index (χ1) is 15.0. The molecule has 3 aromatic carbocycles. The SMILES string of the molecule is Cc1cc(O[C@@H](C)C(=O)Nc2ccc(S(=O)(=O)Nc3ccc(F)cc3)cc2)cc(C)c1Cl. The second kappa shape index (κ2) is 9.58. The highest BCUT2D eigenvalue weighted by Gasteiger charge is 2.18. The van der Waals surface area contributed by atoms with Gasteiger partial charge in [0.15, 0.2) is 6.10 Å². The van der Waals surface area contributed by atoms with E-state index in [0.29, 0.717) is 16.5 Å². The van der Waals surface area contributed by atoms with Gasteiger partial charge in [-0.1, -0.05) is 11.6 Å². The van der Waals surface area contributed by atoms with E-state index in [-0.39, 0.29) is 10.6 Å². The number of rotatable bonds is 7. The van der Waals surface area contributed by atoms with Crippen molar-refractivity contribution in [3.8, 4) is 5.75 Å². The predicted octanol–water partition coefficient (Wildman–Crippen LogP) is 5.30. The minimum Gasteiger partial charge on any atom is -0.481 e. The number of hydrogen-bond acceptors (Lipinski definition) is 4. The van der Waals surface area contributed by atoms with Gasteiger partial charge in [-0.2, -0.15) is 0 Å². The summed E-state index contributed by atoms with van der Waals surface area (Å²) in [5, 5.41) is 3.34. The Kier molecular flexibility index (Phi) is 7.06. The molecule has 2 N–H and O–H groups in total. The number of aryl methyl sites for hydroxylation is 2. The van der Waals surface area contributed by atoms with E-state index in [9.17, 15) is 17.6 Å². The molecule has 0 bridgehead atoms. The van der Waals surface area contributed by atoms with E-state index in [4.69, 9.17) is 16.3 Å². The fourth-order valence-corrected chi connectivity index (χ4v) is 4.09. The number of halogens is 2. The molecule has 0 fully saturated rings. The average Bonchev–Trinajstić information content (AvgIpc) is 2.74. The zero-order valence-corrected chi connectivity index (χ0v) is 19.2. The second-order valence-corrected chi connectivity index (χ2v) is 9.32. The number of anilines is 2. The van der Waals surface area contributed by atoms with E-state index in [1.807, 2.05) is 13.8 Å². The zero-order valence-electron chi connectivity index (χ0n) is 17.6. The molecule has 6 nitrogen and oxygen atoms in total. The number of nitrogens with one attached hydrogen (secondary N) is 2. The van der Waals surface area contributed by atoms with Crippen LogP contribution in [0.4, 0.5) is 15.8 Å². The number of carbonyl (C=O) groups is 1. The number of hydrogen-bond donors (Lipinski definition) is 2. The summed E-state index contributed by atoms with van der Waals surface area (Å²) in [4.78, 5) is 12.5. The van der Waals surface area contributed by atoms with Crippen LogP contribution in [-0.4, -0.2) is 20.4 Å². The first-order valence-corrected chi connectivity index (χ1v) is 11.5. The van der Waals surface area contributed by atoms with Crippen LogP contribution in [0.25, 0.3) is 0 Å². The molecule has 0 radical (unpaired) electrons. The molecule has 32 heavy (non-hydrogen) atoms. The van der Waals surface area contributed by atoms with Gasteiger partial charge in [-0.3, -0.25) is 9.52 Å². The summed E-state index contributed by atoms with van der Waals surface area (Å²) in [6, 6.07) is 14.1. The molecule has 0 spiro atoms. The van der Waals surface area contributed by atoms with E-state index in [1.54, 1.807) is 19.1 Å². The Bertz CT molecular complexity index is 1210. The molecular formula is C23H22ClFN2O4S. The minimum atomic E-state index is -3.86. The molecule has 0 aromatic heterocycles. The average molecular weight is 477 g/mol. The Hall–Kier alpha value is -3.10. The molecule has 1 amide bonds. The van der Waals surface area contributed by atoms with Crippen LogP contribution in [0.5, 0.6) is 5.75 Å². The quantitative estimate of drug-likeness (QED) is 0.484. The maximum Gasteiger partial charge on any atom is 0.265 e. The summed E-state index contributed by atoms with van der Waals surface area (Å²) in [5.41, 5.74) is 2.35. The Balaban J connectivity index is 1.64. The number of amides is 1. The Morgan fingerprint density at radius 3 is 2.06 bits per heavy atom. The van der Waals surface area contributed by atoms with Crippen molar-refractivity contribution in [2.45, 2.75) is 31.8 Å². The summed E-state index contributed by atoms with van der Waals surface area (Å²) in [6.45, 7) is 5.32. The summed E-state index contributed by atoms with van der Waals surface area (Å²) in [7, 11) is -3.86.